The van der Waals surface area contributed by atoms with Crippen molar-refractivity contribution < 1.29 is 0 Å². The molecule has 0 bridgehead atoms. The first-order valence-electron chi connectivity index (χ1n) is 5.94. The molecule has 2 heterocycles. The van der Waals surface area contributed by atoms with Crippen LogP contribution in [0.3, 0.4) is 0 Å². The maximum atomic E-state index is 6.06. The molecule has 0 radical (unpaired) electrons. The topological polar surface area (TPSA) is 29.0 Å². The SMILES string of the molecule is CC(C)c1nc(Cl)cc(N(C)Cc2cc(Br)cs2)n1. The van der Waals surface area contributed by atoms with Crippen molar-refractivity contribution in [1.82, 2.24) is 9.97 Å². The minimum Gasteiger partial charge on any atom is -0.354 e. The van der Waals surface area contributed by atoms with Crippen molar-refractivity contribution in [3.8, 4) is 0 Å². The van der Waals surface area contributed by atoms with Crippen LogP contribution in [0, 0.1) is 0 Å². The predicted molar refractivity (Wildman–Crippen MR) is 85.3 cm³/mol. The van der Waals surface area contributed by atoms with Crippen LogP contribution < -0.4 is 4.90 Å². The number of anilines is 1. The van der Waals surface area contributed by atoms with Crippen LogP contribution in [0.5, 0.6) is 0 Å². The molecule has 2 aromatic rings. The number of halogens is 2. The van der Waals surface area contributed by atoms with Gasteiger partial charge in [-0.25, -0.2) is 9.97 Å². The largest absolute Gasteiger partial charge is 0.354 e. The van der Waals surface area contributed by atoms with E-state index in [2.05, 4.69) is 56.1 Å². The van der Waals surface area contributed by atoms with Gasteiger partial charge < -0.3 is 4.90 Å². The molecule has 0 aromatic carbocycles. The molecule has 0 fully saturated rings. The zero-order valence-electron chi connectivity index (χ0n) is 11.0. The molecule has 102 valence electrons. The lowest BCUT2D eigenvalue weighted by Gasteiger charge is -2.18. The quantitative estimate of drug-likeness (QED) is 0.739. The second-order valence-electron chi connectivity index (χ2n) is 4.65. The second-order valence-corrected chi connectivity index (χ2v) is 6.95. The van der Waals surface area contributed by atoms with Gasteiger partial charge in [0.15, 0.2) is 0 Å². The monoisotopic (exact) mass is 359 g/mol. The summed E-state index contributed by atoms with van der Waals surface area (Å²) >= 11 is 11.3. The van der Waals surface area contributed by atoms with Crippen LogP contribution in [0.15, 0.2) is 22.0 Å². The van der Waals surface area contributed by atoms with Crippen LogP contribution in [0.25, 0.3) is 0 Å². The van der Waals surface area contributed by atoms with Crippen molar-refractivity contribution in [3.63, 3.8) is 0 Å². The first kappa shape index (κ1) is 14.8. The van der Waals surface area contributed by atoms with Gasteiger partial charge in [-0.15, -0.1) is 11.3 Å². The van der Waals surface area contributed by atoms with E-state index in [0.717, 1.165) is 22.7 Å². The highest BCUT2D eigenvalue weighted by Gasteiger charge is 2.11. The molecular weight excluding hydrogens is 346 g/mol. The number of rotatable bonds is 4. The molecule has 0 atom stereocenters. The summed E-state index contributed by atoms with van der Waals surface area (Å²) in [5, 5.41) is 2.57. The average Bonchev–Trinajstić information content (AvgIpc) is 2.73. The van der Waals surface area contributed by atoms with E-state index in [1.807, 2.05) is 7.05 Å². The first-order chi connectivity index (χ1) is 8.95. The molecular formula is C13H15BrClN3S. The molecule has 19 heavy (non-hydrogen) atoms. The van der Waals surface area contributed by atoms with Crippen molar-refractivity contribution in [1.29, 1.82) is 0 Å². The molecule has 0 N–H and O–H groups in total. The van der Waals surface area contributed by atoms with E-state index in [9.17, 15) is 0 Å². The molecule has 0 saturated heterocycles. The van der Waals surface area contributed by atoms with Crippen LogP contribution in [-0.4, -0.2) is 17.0 Å². The smallest absolute Gasteiger partial charge is 0.135 e. The normalized spacial score (nSPS) is 11.1. The van der Waals surface area contributed by atoms with Crippen LogP contribution in [-0.2, 0) is 6.54 Å². The molecule has 0 aliphatic carbocycles. The fraction of sp³-hybridized carbons (Fsp3) is 0.385. The van der Waals surface area contributed by atoms with E-state index in [4.69, 9.17) is 11.6 Å². The summed E-state index contributed by atoms with van der Waals surface area (Å²) < 4.78 is 1.12. The summed E-state index contributed by atoms with van der Waals surface area (Å²) in [5.41, 5.74) is 0. The van der Waals surface area contributed by atoms with E-state index in [1.54, 1.807) is 17.4 Å². The fourth-order valence-electron chi connectivity index (χ4n) is 1.63. The lowest BCUT2D eigenvalue weighted by atomic mass is 10.2. The van der Waals surface area contributed by atoms with Crippen molar-refractivity contribution in [2.24, 2.45) is 0 Å². The molecule has 0 unspecified atom stereocenters. The Morgan fingerprint density at radius 1 is 1.37 bits per heavy atom. The standard InChI is InChI=1S/C13H15BrClN3S/c1-8(2)13-16-11(15)5-12(17-13)18(3)6-10-4-9(14)7-19-10/h4-5,7-8H,6H2,1-3H3. The summed E-state index contributed by atoms with van der Waals surface area (Å²) in [7, 11) is 2.01. The average molecular weight is 361 g/mol. The number of nitrogens with zero attached hydrogens (tertiary/aromatic N) is 3. The van der Waals surface area contributed by atoms with Crippen molar-refractivity contribution >= 4 is 44.7 Å². The van der Waals surface area contributed by atoms with Crippen LogP contribution in [0.2, 0.25) is 5.15 Å². The van der Waals surface area contributed by atoms with Crippen molar-refractivity contribution in [2.75, 3.05) is 11.9 Å². The molecule has 6 heteroatoms. The molecule has 0 saturated carbocycles. The molecule has 0 aliphatic rings. The second kappa shape index (κ2) is 6.20. The van der Waals surface area contributed by atoms with Gasteiger partial charge in [0.1, 0.15) is 16.8 Å². The Kier molecular flexibility index (Phi) is 4.81. The number of hydrogen-bond acceptors (Lipinski definition) is 4. The van der Waals surface area contributed by atoms with Crippen molar-refractivity contribution in [2.45, 2.75) is 26.3 Å². The van der Waals surface area contributed by atoms with Gasteiger partial charge in [-0.1, -0.05) is 25.4 Å². The third-order valence-electron chi connectivity index (χ3n) is 2.62. The Hall–Kier alpha value is -0.650. The van der Waals surface area contributed by atoms with Crippen LogP contribution in [0.1, 0.15) is 30.5 Å². The Morgan fingerprint density at radius 2 is 2.11 bits per heavy atom. The van der Waals surface area contributed by atoms with Gasteiger partial charge in [-0.05, 0) is 22.0 Å². The van der Waals surface area contributed by atoms with E-state index in [-0.39, 0.29) is 5.92 Å². The number of hydrogen-bond donors (Lipinski definition) is 0. The Morgan fingerprint density at radius 3 is 2.68 bits per heavy atom. The molecule has 0 amide bonds. The highest BCUT2D eigenvalue weighted by atomic mass is 79.9. The maximum Gasteiger partial charge on any atom is 0.135 e. The highest BCUT2D eigenvalue weighted by Crippen LogP contribution is 2.24. The summed E-state index contributed by atoms with van der Waals surface area (Å²) in [5.74, 6) is 1.90. The van der Waals surface area contributed by atoms with Gasteiger partial charge in [-0.2, -0.15) is 0 Å². The lowest BCUT2D eigenvalue weighted by Crippen LogP contribution is -2.18. The Balaban J connectivity index is 2.20. The van der Waals surface area contributed by atoms with E-state index in [0.29, 0.717) is 5.15 Å². The lowest BCUT2D eigenvalue weighted by molar-refractivity contribution is 0.763. The van der Waals surface area contributed by atoms with Crippen molar-refractivity contribution in [3.05, 3.63) is 37.8 Å². The fourth-order valence-corrected chi connectivity index (χ4v) is 3.32. The van der Waals surface area contributed by atoms with Gasteiger partial charge in [0.05, 0.1) is 6.54 Å². The predicted octanol–water partition coefficient (Wildman–Crippen LogP) is 4.71. The number of aromatic nitrogens is 2. The van der Waals surface area contributed by atoms with E-state index in [1.165, 1.54) is 4.88 Å². The van der Waals surface area contributed by atoms with Crippen LogP contribution in [0.4, 0.5) is 5.82 Å². The van der Waals surface area contributed by atoms with Crippen LogP contribution >= 0.6 is 38.9 Å². The molecule has 0 spiro atoms. The minimum absolute atomic E-state index is 0.265. The first-order valence-corrected chi connectivity index (χ1v) is 7.99. The van der Waals surface area contributed by atoms with Gasteiger partial charge in [0.25, 0.3) is 0 Å². The summed E-state index contributed by atoms with van der Waals surface area (Å²) in [6, 6.07) is 3.92. The number of thiophene rings is 1. The summed E-state index contributed by atoms with van der Waals surface area (Å²) in [4.78, 5) is 12.2. The minimum atomic E-state index is 0.265. The Labute approximate surface area is 130 Å². The molecule has 2 rings (SSSR count). The maximum absolute atomic E-state index is 6.06. The van der Waals surface area contributed by atoms with E-state index >= 15 is 0 Å². The third kappa shape index (κ3) is 3.91. The summed E-state index contributed by atoms with van der Waals surface area (Å²) in [6.45, 7) is 4.93. The zero-order valence-corrected chi connectivity index (χ0v) is 14.2. The molecule has 3 nitrogen and oxygen atoms in total. The van der Waals surface area contributed by atoms with Gasteiger partial charge in [-0.3, -0.25) is 0 Å². The Bertz CT molecular complexity index is 571. The highest BCUT2D eigenvalue weighted by molar-refractivity contribution is 9.10. The van der Waals surface area contributed by atoms with Gasteiger partial charge in [0.2, 0.25) is 0 Å². The van der Waals surface area contributed by atoms with Gasteiger partial charge in [0, 0.05) is 33.8 Å². The van der Waals surface area contributed by atoms with Gasteiger partial charge >= 0.3 is 0 Å². The third-order valence-corrected chi connectivity index (χ3v) is 4.50. The summed E-state index contributed by atoms with van der Waals surface area (Å²) in [6.07, 6.45) is 0. The van der Waals surface area contributed by atoms with E-state index < -0.39 is 0 Å². The molecule has 2 aromatic heterocycles. The molecule has 0 aliphatic heterocycles. The zero-order chi connectivity index (χ0) is 14.0.